The van der Waals surface area contributed by atoms with Gasteiger partial charge in [-0.2, -0.15) is 5.10 Å². The standard InChI is InChI=1S/C21H21N7O4/c22-20(29)14-4-6-17(26-8-2-1-3-9-26)16(10-14)25-21(30)15-5-7-18(19(11-15)28(31)32)27-13-23-12-24-27/h4-7,10-13H,1-3,8-9H2,(H2,22,29)(H,25,30). The molecular weight excluding hydrogens is 414 g/mol. The highest BCUT2D eigenvalue weighted by Gasteiger charge is 2.22. The Labute approximate surface area is 183 Å². The maximum Gasteiger partial charge on any atom is 0.295 e. The Morgan fingerprint density at radius 3 is 2.41 bits per heavy atom. The van der Waals surface area contributed by atoms with E-state index >= 15 is 0 Å². The number of amides is 2. The zero-order valence-electron chi connectivity index (χ0n) is 17.1. The molecule has 1 saturated heterocycles. The summed E-state index contributed by atoms with van der Waals surface area (Å²) in [4.78, 5) is 41.6. The molecule has 1 aliphatic rings. The van der Waals surface area contributed by atoms with Crippen molar-refractivity contribution in [2.45, 2.75) is 19.3 Å². The van der Waals surface area contributed by atoms with Crippen molar-refractivity contribution in [1.82, 2.24) is 14.8 Å². The highest BCUT2D eigenvalue weighted by Crippen LogP contribution is 2.31. The number of anilines is 2. The SMILES string of the molecule is NC(=O)c1ccc(N2CCCCC2)c(NC(=O)c2ccc(-n3cncn3)c([N+](=O)[O-])c2)c1. The maximum atomic E-state index is 13.0. The van der Waals surface area contributed by atoms with Crippen LogP contribution in [0.3, 0.4) is 0 Å². The first kappa shape index (κ1) is 21.0. The fraction of sp³-hybridized carbons (Fsp3) is 0.238. The largest absolute Gasteiger partial charge is 0.370 e. The van der Waals surface area contributed by atoms with Crippen molar-refractivity contribution in [3.8, 4) is 5.69 Å². The van der Waals surface area contributed by atoms with E-state index in [9.17, 15) is 19.7 Å². The molecular formula is C21H21N7O4. The molecule has 11 heteroatoms. The second-order valence-corrected chi connectivity index (χ2v) is 7.40. The van der Waals surface area contributed by atoms with E-state index in [2.05, 4.69) is 20.3 Å². The Bertz CT molecular complexity index is 1170. The summed E-state index contributed by atoms with van der Waals surface area (Å²) < 4.78 is 1.25. The topological polar surface area (TPSA) is 149 Å². The van der Waals surface area contributed by atoms with E-state index in [1.165, 1.54) is 41.6 Å². The first-order valence-corrected chi connectivity index (χ1v) is 10.1. The first-order valence-electron chi connectivity index (χ1n) is 10.1. The molecule has 11 nitrogen and oxygen atoms in total. The van der Waals surface area contributed by atoms with Crippen LogP contribution in [0.1, 0.15) is 40.0 Å². The number of carbonyl (C=O) groups excluding carboxylic acids is 2. The molecule has 0 aliphatic carbocycles. The van der Waals surface area contributed by atoms with E-state index < -0.39 is 16.7 Å². The van der Waals surface area contributed by atoms with Gasteiger partial charge in [-0.05, 0) is 49.6 Å². The number of hydrogen-bond acceptors (Lipinski definition) is 7. The maximum absolute atomic E-state index is 13.0. The van der Waals surface area contributed by atoms with Crippen molar-refractivity contribution in [1.29, 1.82) is 0 Å². The van der Waals surface area contributed by atoms with Crippen LogP contribution in [-0.4, -0.2) is 44.6 Å². The number of hydrogen-bond donors (Lipinski definition) is 2. The fourth-order valence-electron chi connectivity index (χ4n) is 3.73. The number of primary amides is 1. The number of aromatic nitrogens is 3. The van der Waals surface area contributed by atoms with Crippen LogP contribution in [-0.2, 0) is 0 Å². The van der Waals surface area contributed by atoms with Gasteiger partial charge in [-0.1, -0.05) is 0 Å². The van der Waals surface area contributed by atoms with Gasteiger partial charge < -0.3 is 16.0 Å². The number of nitrogens with two attached hydrogens (primary N) is 1. The fourth-order valence-corrected chi connectivity index (χ4v) is 3.73. The third-order valence-corrected chi connectivity index (χ3v) is 5.33. The summed E-state index contributed by atoms with van der Waals surface area (Å²) in [6, 6.07) is 9.01. The molecule has 1 fully saturated rings. The van der Waals surface area contributed by atoms with E-state index in [0.717, 1.165) is 38.0 Å². The minimum atomic E-state index is -0.612. The third-order valence-electron chi connectivity index (χ3n) is 5.33. The monoisotopic (exact) mass is 435 g/mol. The molecule has 32 heavy (non-hydrogen) atoms. The summed E-state index contributed by atoms with van der Waals surface area (Å²) in [5.74, 6) is -1.16. The normalized spacial score (nSPS) is 13.6. The van der Waals surface area contributed by atoms with Gasteiger partial charge in [0.25, 0.3) is 11.6 Å². The molecule has 0 bridgehead atoms. The molecule has 0 atom stereocenters. The molecule has 2 aromatic carbocycles. The molecule has 3 aromatic rings. The van der Waals surface area contributed by atoms with Crippen LogP contribution in [0.4, 0.5) is 17.1 Å². The molecule has 0 radical (unpaired) electrons. The van der Waals surface area contributed by atoms with E-state index in [-0.39, 0.29) is 22.5 Å². The number of nitrogens with one attached hydrogen (secondary N) is 1. The average Bonchev–Trinajstić information content (AvgIpc) is 3.34. The van der Waals surface area contributed by atoms with Crippen molar-refractivity contribution >= 4 is 28.9 Å². The van der Waals surface area contributed by atoms with Crippen LogP contribution in [0.25, 0.3) is 5.69 Å². The van der Waals surface area contributed by atoms with Gasteiger partial charge in [0, 0.05) is 30.3 Å². The summed E-state index contributed by atoms with van der Waals surface area (Å²) in [6.07, 6.45) is 5.79. The Morgan fingerprint density at radius 1 is 1.03 bits per heavy atom. The number of nitro benzene ring substituents is 1. The number of benzene rings is 2. The Balaban J connectivity index is 1.67. The molecule has 4 rings (SSSR count). The van der Waals surface area contributed by atoms with E-state index in [4.69, 9.17) is 5.73 Å². The number of nitrogens with zero attached hydrogens (tertiary/aromatic N) is 5. The number of piperidine rings is 1. The summed E-state index contributed by atoms with van der Waals surface area (Å²) in [5.41, 5.74) is 6.87. The van der Waals surface area contributed by atoms with Gasteiger partial charge in [0.15, 0.2) is 0 Å². The molecule has 3 N–H and O–H groups in total. The summed E-state index contributed by atoms with van der Waals surface area (Å²) >= 11 is 0. The lowest BCUT2D eigenvalue weighted by Gasteiger charge is -2.30. The van der Waals surface area contributed by atoms with Gasteiger partial charge in [-0.25, -0.2) is 9.67 Å². The first-order chi connectivity index (χ1) is 15.4. The van der Waals surface area contributed by atoms with Crippen molar-refractivity contribution in [3.63, 3.8) is 0 Å². The Hall–Kier alpha value is -4.28. The quantitative estimate of drug-likeness (QED) is 0.446. The molecule has 2 heterocycles. The van der Waals surface area contributed by atoms with Crippen LogP contribution in [0, 0.1) is 10.1 Å². The van der Waals surface area contributed by atoms with Crippen LogP contribution >= 0.6 is 0 Å². The summed E-state index contributed by atoms with van der Waals surface area (Å²) in [7, 11) is 0. The van der Waals surface area contributed by atoms with Gasteiger partial charge in [0.1, 0.15) is 18.3 Å². The van der Waals surface area contributed by atoms with E-state index in [1.54, 1.807) is 12.1 Å². The predicted molar refractivity (Wildman–Crippen MR) is 117 cm³/mol. The molecule has 2 amide bonds. The van der Waals surface area contributed by atoms with Gasteiger partial charge in [-0.15, -0.1) is 0 Å². The minimum absolute atomic E-state index is 0.0923. The Kier molecular flexibility index (Phi) is 5.79. The second-order valence-electron chi connectivity index (χ2n) is 7.40. The molecule has 1 aromatic heterocycles. The zero-order chi connectivity index (χ0) is 22.7. The lowest BCUT2D eigenvalue weighted by molar-refractivity contribution is -0.384. The molecule has 1 aliphatic heterocycles. The van der Waals surface area contributed by atoms with Crippen LogP contribution in [0.5, 0.6) is 0 Å². The lowest BCUT2D eigenvalue weighted by atomic mass is 10.1. The average molecular weight is 435 g/mol. The van der Waals surface area contributed by atoms with Gasteiger partial charge in [-0.3, -0.25) is 19.7 Å². The van der Waals surface area contributed by atoms with E-state index in [1.807, 2.05) is 0 Å². The van der Waals surface area contributed by atoms with Crippen LogP contribution < -0.4 is 16.0 Å². The predicted octanol–water partition coefficient (Wildman–Crippen LogP) is 2.52. The Morgan fingerprint density at radius 2 is 1.75 bits per heavy atom. The highest BCUT2D eigenvalue weighted by molar-refractivity contribution is 6.07. The van der Waals surface area contributed by atoms with Crippen molar-refractivity contribution < 1.29 is 14.5 Å². The van der Waals surface area contributed by atoms with Crippen molar-refractivity contribution in [2.75, 3.05) is 23.3 Å². The second kappa shape index (κ2) is 8.84. The van der Waals surface area contributed by atoms with Gasteiger partial charge >= 0.3 is 0 Å². The van der Waals surface area contributed by atoms with E-state index in [0.29, 0.717) is 5.69 Å². The molecule has 0 unspecified atom stereocenters. The van der Waals surface area contributed by atoms with Gasteiger partial charge in [0.05, 0.1) is 16.3 Å². The van der Waals surface area contributed by atoms with Gasteiger partial charge in [0.2, 0.25) is 5.91 Å². The lowest BCUT2D eigenvalue weighted by Crippen LogP contribution is -2.30. The molecule has 0 spiro atoms. The minimum Gasteiger partial charge on any atom is -0.370 e. The van der Waals surface area contributed by atoms with Crippen LogP contribution in [0.15, 0.2) is 49.1 Å². The summed E-state index contributed by atoms with van der Waals surface area (Å²) in [6.45, 7) is 1.66. The molecule has 0 saturated carbocycles. The van der Waals surface area contributed by atoms with Crippen molar-refractivity contribution in [2.24, 2.45) is 5.73 Å². The highest BCUT2D eigenvalue weighted by atomic mass is 16.6. The number of nitro groups is 1. The van der Waals surface area contributed by atoms with Crippen molar-refractivity contribution in [3.05, 3.63) is 70.3 Å². The van der Waals surface area contributed by atoms with Crippen LogP contribution in [0.2, 0.25) is 0 Å². The smallest absolute Gasteiger partial charge is 0.295 e. The third kappa shape index (κ3) is 4.26. The molecule has 164 valence electrons. The number of carbonyl (C=O) groups is 2. The number of rotatable bonds is 6. The zero-order valence-corrected chi connectivity index (χ0v) is 17.1. The summed E-state index contributed by atoms with van der Waals surface area (Å²) in [5, 5.41) is 18.3.